The fourth-order valence-corrected chi connectivity index (χ4v) is 2.33. The van der Waals surface area contributed by atoms with E-state index in [4.69, 9.17) is 15.9 Å². The van der Waals surface area contributed by atoms with E-state index in [1.807, 2.05) is 13.8 Å². The highest BCUT2D eigenvalue weighted by Gasteiger charge is 2.15. The van der Waals surface area contributed by atoms with Crippen LogP contribution in [0.3, 0.4) is 0 Å². The van der Waals surface area contributed by atoms with E-state index in [1.165, 1.54) is 12.5 Å². The molecule has 5 N–H and O–H groups in total. The average molecular weight is 328 g/mol. The minimum absolute atomic E-state index is 0.0785. The summed E-state index contributed by atoms with van der Waals surface area (Å²) in [6, 6.07) is 3.30. The number of hydrogen-bond acceptors (Lipinski definition) is 6. The highest BCUT2D eigenvalue weighted by atomic mass is 19.1. The lowest BCUT2D eigenvalue weighted by atomic mass is 10.1. The highest BCUT2D eigenvalue weighted by molar-refractivity contribution is 5.93. The van der Waals surface area contributed by atoms with Crippen molar-refractivity contribution in [1.29, 1.82) is 5.41 Å². The molecule has 2 aromatic heterocycles. The van der Waals surface area contributed by atoms with E-state index in [2.05, 4.69) is 20.3 Å². The molecule has 0 saturated carbocycles. The summed E-state index contributed by atoms with van der Waals surface area (Å²) in [7, 11) is 0. The summed E-state index contributed by atoms with van der Waals surface area (Å²) in [5.74, 6) is 0.339. The second-order valence-electron chi connectivity index (χ2n) is 5.50. The Hall–Kier alpha value is -3.16. The molecule has 124 valence electrons. The quantitative estimate of drug-likeness (QED) is 0.424. The molecule has 0 amide bonds. The molecule has 3 rings (SSSR count). The SMILES string of the molecule is CC(C)Oc1cc(N)c(C=N)cc1Nc1ncnc2[nH]cc(F)c12. The molecule has 0 atom stereocenters. The second kappa shape index (κ2) is 6.15. The molecule has 24 heavy (non-hydrogen) atoms. The number of benzene rings is 1. The number of nitrogens with two attached hydrogens (primary N) is 1. The van der Waals surface area contributed by atoms with Crippen LogP contribution in [0.2, 0.25) is 0 Å². The Morgan fingerprint density at radius 1 is 1.38 bits per heavy atom. The standard InChI is InChI=1S/C16H17FN6O/c1-8(2)24-13-4-11(19)9(5-18)3-12(13)23-16-14-10(17)6-20-15(14)21-7-22-16/h3-8,18H,19H2,1-2H3,(H2,20,21,22,23). The Labute approximate surface area is 137 Å². The molecular formula is C16H17FN6O. The van der Waals surface area contributed by atoms with Crippen LogP contribution in [0.5, 0.6) is 5.75 Å². The second-order valence-corrected chi connectivity index (χ2v) is 5.50. The number of H-pyrrole nitrogens is 1. The fourth-order valence-electron chi connectivity index (χ4n) is 2.33. The largest absolute Gasteiger partial charge is 0.489 e. The minimum atomic E-state index is -0.456. The van der Waals surface area contributed by atoms with Crippen molar-refractivity contribution in [2.24, 2.45) is 0 Å². The van der Waals surface area contributed by atoms with Gasteiger partial charge in [-0.15, -0.1) is 0 Å². The molecule has 2 heterocycles. The summed E-state index contributed by atoms with van der Waals surface area (Å²) in [5, 5.41) is 10.8. The van der Waals surface area contributed by atoms with Crippen LogP contribution >= 0.6 is 0 Å². The number of halogens is 1. The van der Waals surface area contributed by atoms with Crippen LogP contribution < -0.4 is 15.8 Å². The van der Waals surface area contributed by atoms with Crippen LogP contribution in [0.25, 0.3) is 11.0 Å². The van der Waals surface area contributed by atoms with Gasteiger partial charge in [-0.2, -0.15) is 0 Å². The predicted molar refractivity (Wildman–Crippen MR) is 91.6 cm³/mol. The van der Waals surface area contributed by atoms with Crippen molar-refractivity contribution in [3.05, 3.63) is 36.0 Å². The van der Waals surface area contributed by atoms with Crippen molar-refractivity contribution >= 4 is 34.4 Å². The van der Waals surface area contributed by atoms with Crippen molar-refractivity contribution in [2.75, 3.05) is 11.1 Å². The van der Waals surface area contributed by atoms with Crippen molar-refractivity contribution in [3.8, 4) is 5.75 Å². The number of nitrogens with one attached hydrogen (secondary N) is 3. The van der Waals surface area contributed by atoms with Crippen LogP contribution in [0.15, 0.2) is 24.7 Å². The topological polar surface area (TPSA) is 113 Å². The monoisotopic (exact) mass is 328 g/mol. The number of hydrogen-bond donors (Lipinski definition) is 4. The maximum absolute atomic E-state index is 14.0. The number of nitrogens with zero attached hydrogens (tertiary/aromatic N) is 2. The van der Waals surface area contributed by atoms with Gasteiger partial charge >= 0.3 is 0 Å². The smallest absolute Gasteiger partial charge is 0.153 e. The molecule has 7 nitrogen and oxygen atoms in total. The van der Waals surface area contributed by atoms with Gasteiger partial charge in [0.1, 0.15) is 23.5 Å². The van der Waals surface area contributed by atoms with Gasteiger partial charge in [-0.1, -0.05) is 0 Å². The number of aromatic amines is 1. The van der Waals surface area contributed by atoms with Crippen molar-refractivity contribution < 1.29 is 9.13 Å². The Morgan fingerprint density at radius 2 is 2.17 bits per heavy atom. The molecule has 0 aliphatic carbocycles. The van der Waals surface area contributed by atoms with E-state index < -0.39 is 5.82 Å². The molecule has 3 aromatic rings. The minimum Gasteiger partial charge on any atom is -0.489 e. The maximum atomic E-state index is 14.0. The Kier molecular flexibility index (Phi) is 4.03. The molecule has 0 spiro atoms. The zero-order valence-electron chi connectivity index (χ0n) is 13.2. The molecular weight excluding hydrogens is 311 g/mol. The first-order chi connectivity index (χ1) is 11.5. The van der Waals surface area contributed by atoms with Crippen LogP contribution in [-0.2, 0) is 0 Å². The lowest BCUT2D eigenvalue weighted by Gasteiger charge is -2.17. The number of nitrogen functional groups attached to an aromatic ring is 1. The molecule has 0 unspecified atom stereocenters. The zero-order chi connectivity index (χ0) is 17.3. The molecule has 0 radical (unpaired) electrons. The molecule has 0 saturated heterocycles. The summed E-state index contributed by atoms with van der Waals surface area (Å²) in [4.78, 5) is 10.8. The highest BCUT2D eigenvalue weighted by Crippen LogP contribution is 2.34. The van der Waals surface area contributed by atoms with E-state index in [9.17, 15) is 4.39 Å². The summed E-state index contributed by atoms with van der Waals surface area (Å²) in [6.07, 6.45) is 3.62. The number of aromatic nitrogens is 3. The normalized spacial score (nSPS) is 11.0. The van der Waals surface area contributed by atoms with Gasteiger partial charge in [0.05, 0.1) is 17.2 Å². The van der Waals surface area contributed by atoms with Crippen LogP contribution in [-0.4, -0.2) is 27.3 Å². The van der Waals surface area contributed by atoms with Gasteiger partial charge in [-0.25, -0.2) is 14.4 Å². The molecule has 0 aliphatic heterocycles. The van der Waals surface area contributed by atoms with E-state index in [-0.39, 0.29) is 11.5 Å². The number of rotatable bonds is 5. The Bertz CT molecular complexity index is 905. The lowest BCUT2D eigenvalue weighted by molar-refractivity contribution is 0.244. The van der Waals surface area contributed by atoms with Gasteiger partial charge < -0.3 is 26.2 Å². The summed E-state index contributed by atoms with van der Waals surface area (Å²) >= 11 is 0. The van der Waals surface area contributed by atoms with Crippen molar-refractivity contribution in [1.82, 2.24) is 15.0 Å². The van der Waals surface area contributed by atoms with Crippen LogP contribution in [0, 0.1) is 11.2 Å². The van der Waals surface area contributed by atoms with Gasteiger partial charge in [0.15, 0.2) is 5.82 Å². The maximum Gasteiger partial charge on any atom is 0.153 e. The van der Waals surface area contributed by atoms with E-state index in [0.717, 1.165) is 6.21 Å². The Balaban J connectivity index is 2.10. The summed E-state index contributed by atoms with van der Waals surface area (Å²) < 4.78 is 19.8. The molecule has 0 aliphatic rings. The fraction of sp³-hybridized carbons (Fsp3) is 0.188. The van der Waals surface area contributed by atoms with Gasteiger partial charge in [-0.3, -0.25) is 0 Å². The first-order valence-electron chi connectivity index (χ1n) is 7.35. The molecule has 0 bridgehead atoms. The first-order valence-corrected chi connectivity index (χ1v) is 7.35. The third-order valence-corrected chi connectivity index (χ3v) is 3.38. The van der Waals surface area contributed by atoms with E-state index >= 15 is 0 Å². The van der Waals surface area contributed by atoms with Crippen LogP contribution in [0.1, 0.15) is 19.4 Å². The van der Waals surface area contributed by atoms with Crippen molar-refractivity contribution in [2.45, 2.75) is 20.0 Å². The summed E-state index contributed by atoms with van der Waals surface area (Å²) in [6.45, 7) is 3.78. The van der Waals surface area contributed by atoms with E-state index in [0.29, 0.717) is 34.2 Å². The lowest BCUT2D eigenvalue weighted by Crippen LogP contribution is -2.09. The predicted octanol–water partition coefficient (Wildman–Crippen LogP) is 3.21. The number of anilines is 3. The number of ether oxygens (including phenoxy) is 1. The Morgan fingerprint density at radius 3 is 2.88 bits per heavy atom. The van der Waals surface area contributed by atoms with Crippen LogP contribution in [0.4, 0.5) is 21.6 Å². The average Bonchev–Trinajstić information content (AvgIpc) is 2.92. The van der Waals surface area contributed by atoms with Gasteiger partial charge in [0.2, 0.25) is 0 Å². The summed E-state index contributed by atoms with van der Waals surface area (Å²) in [5.41, 5.74) is 7.79. The van der Waals surface area contributed by atoms with Crippen molar-refractivity contribution in [3.63, 3.8) is 0 Å². The van der Waals surface area contributed by atoms with Gasteiger partial charge in [-0.05, 0) is 19.9 Å². The first kappa shape index (κ1) is 15.7. The molecule has 0 fully saturated rings. The molecule has 8 heteroatoms. The van der Waals surface area contributed by atoms with Gasteiger partial charge in [0.25, 0.3) is 0 Å². The van der Waals surface area contributed by atoms with Gasteiger partial charge in [0, 0.05) is 29.7 Å². The zero-order valence-corrected chi connectivity index (χ0v) is 13.2. The number of fused-ring (bicyclic) bond motifs is 1. The third kappa shape index (κ3) is 2.85. The molecule has 1 aromatic carbocycles. The van der Waals surface area contributed by atoms with E-state index in [1.54, 1.807) is 12.1 Å². The third-order valence-electron chi connectivity index (χ3n) is 3.38.